The summed E-state index contributed by atoms with van der Waals surface area (Å²) in [7, 11) is 0. The van der Waals surface area contributed by atoms with Gasteiger partial charge in [-0.25, -0.2) is 0 Å². The van der Waals surface area contributed by atoms with Crippen LogP contribution in [0.15, 0.2) is 66.7 Å². The summed E-state index contributed by atoms with van der Waals surface area (Å²) in [5.41, 5.74) is 0. The van der Waals surface area contributed by atoms with Crippen molar-refractivity contribution in [3.8, 4) is 5.75 Å². The molecule has 5 aromatic carbocycles. The molecule has 0 aromatic heterocycles. The van der Waals surface area contributed by atoms with Gasteiger partial charge in [0.05, 0.1) is 6.61 Å². The van der Waals surface area contributed by atoms with E-state index in [1.807, 2.05) is 0 Å². The van der Waals surface area contributed by atoms with Gasteiger partial charge in [0.25, 0.3) is 0 Å². The molecule has 0 bridgehead atoms. The summed E-state index contributed by atoms with van der Waals surface area (Å²) < 4.78 is 6.21. The number of benzene rings is 5. The Labute approximate surface area is 147 Å². The van der Waals surface area contributed by atoms with E-state index < -0.39 is 0 Å². The Morgan fingerprint density at radius 1 is 0.640 bits per heavy atom. The lowest BCUT2D eigenvalue weighted by Gasteiger charge is -2.17. The molecule has 0 aliphatic rings. The van der Waals surface area contributed by atoms with Crippen LogP contribution in [0, 0.1) is 0 Å². The number of hydrogen-bond acceptors (Lipinski definition) is 1. The topological polar surface area (TPSA) is 9.23 Å². The third kappa shape index (κ3) is 2.09. The van der Waals surface area contributed by atoms with Gasteiger partial charge in [-0.15, -0.1) is 0 Å². The molecule has 0 aliphatic heterocycles. The molecule has 0 saturated carbocycles. The summed E-state index contributed by atoms with van der Waals surface area (Å²) in [6, 6.07) is 24.1. The van der Waals surface area contributed by atoms with E-state index in [9.17, 15) is 0 Å². The minimum Gasteiger partial charge on any atom is -0.493 e. The molecule has 0 radical (unpaired) electrons. The Kier molecular flexibility index (Phi) is 3.27. The second-order valence-corrected chi connectivity index (χ2v) is 6.75. The van der Waals surface area contributed by atoms with Gasteiger partial charge in [-0.1, -0.05) is 74.0 Å². The average Bonchev–Trinajstić information content (AvgIpc) is 2.66. The van der Waals surface area contributed by atoms with Gasteiger partial charge in [0, 0.05) is 10.8 Å². The van der Waals surface area contributed by atoms with Crippen molar-refractivity contribution in [1.82, 2.24) is 0 Å². The third-order valence-electron chi connectivity index (χ3n) is 5.23. The summed E-state index contributed by atoms with van der Waals surface area (Å²) in [6.07, 6.45) is 2.23. The monoisotopic (exact) mass is 324 g/mol. The summed E-state index contributed by atoms with van der Waals surface area (Å²) in [6.45, 7) is 2.97. The first-order valence-electron chi connectivity index (χ1n) is 9.09. The SMILES string of the molecule is CCCCOc1ccc2cccc3c4cccc5cccc(c1c23)c54. The first-order valence-corrected chi connectivity index (χ1v) is 9.09. The third-order valence-corrected chi connectivity index (χ3v) is 5.23. The molecule has 1 heteroatoms. The molecule has 1 nitrogen and oxygen atoms in total. The zero-order valence-corrected chi connectivity index (χ0v) is 14.4. The molecule has 0 spiro atoms. The quantitative estimate of drug-likeness (QED) is 0.198. The molecule has 0 unspecified atom stereocenters. The lowest BCUT2D eigenvalue weighted by molar-refractivity contribution is 0.313. The van der Waals surface area contributed by atoms with Crippen LogP contribution in [0.4, 0.5) is 0 Å². The van der Waals surface area contributed by atoms with E-state index in [1.54, 1.807) is 0 Å². The second kappa shape index (κ2) is 5.63. The first-order chi connectivity index (χ1) is 12.4. The maximum Gasteiger partial charge on any atom is 0.127 e. The standard InChI is InChI=1S/C24H20O/c1-2-3-15-25-21-14-13-17-9-5-11-19-18-10-4-7-16-8-6-12-20(22(16)18)24(21)23(17)19/h4-14H,2-3,15H2,1H3. The molecule has 0 amide bonds. The Hall–Kier alpha value is -2.80. The fourth-order valence-electron chi connectivity index (χ4n) is 4.07. The fourth-order valence-corrected chi connectivity index (χ4v) is 4.07. The van der Waals surface area contributed by atoms with Crippen molar-refractivity contribution in [1.29, 1.82) is 0 Å². The van der Waals surface area contributed by atoms with Crippen molar-refractivity contribution in [2.24, 2.45) is 0 Å². The molecule has 0 N–H and O–H groups in total. The van der Waals surface area contributed by atoms with Crippen molar-refractivity contribution >= 4 is 43.1 Å². The van der Waals surface area contributed by atoms with E-state index in [0.29, 0.717) is 0 Å². The van der Waals surface area contributed by atoms with Crippen molar-refractivity contribution < 1.29 is 4.74 Å². The Morgan fingerprint density at radius 2 is 1.28 bits per heavy atom. The summed E-state index contributed by atoms with van der Waals surface area (Å²) in [4.78, 5) is 0. The minimum atomic E-state index is 0.773. The molecule has 0 aliphatic carbocycles. The molecule has 5 aromatic rings. The van der Waals surface area contributed by atoms with Crippen molar-refractivity contribution in [3.63, 3.8) is 0 Å². The van der Waals surface area contributed by atoms with Crippen LogP contribution in [-0.4, -0.2) is 6.61 Å². The van der Waals surface area contributed by atoms with Gasteiger partial charge < -0.3 is 4.74 Å². The molecule has 122 valence electrons. The number of rotatable bonds is 4. The Balaban J connectivity index is 1.99. The van der Waals surface area contributed by atoms with Crippen LogP contribution in [0.5, 0.6) is 5.75 Å². The minimum absolute atomic E-state index is 0.773. The molecule has 0 fully saturated rings. The normalized spacial score (nSPS) is 11.9. The summed E-state index contributed by atoms with van der Waals surface area (Å²) >= 11 is 0. The van der Waals surface area contributed by atoms with Crippen molar-refractivity contribution in [3.05, 3.63) is 66.7 Å². The van der Waals surface area contributed by atoms with Gasteiger partial charge >= 0.3 is 0 Å². The fraction of sp³-hybridized carbons (Fsp3) is 0.167. The van der Waals surface area contributed by atoms with E-state index in [-0.39, 0.29) is 0 Å². The Morgan fingerprint density at radius 3 is 2.00 bits per heavy atom. The van der Waals surface area contributed by atoms with Gasteiger partial charge in [0.1, 0.15) is 5.75 Å². The van der Waals surface area contributed by atoms with Crippen LogP contribution in [0.3, 0.4) is 0 Å². The number of fused-ring (bicyclic) bond motifs is 2. The largest absolute Gasteiger partial charge is 0.493 e. The maximum atomic E-state index is 6.21. The molecule has 0 atom stereocenters. The number of ether oxygens (including phenoxy) is 1. The van der Waals surface area contributed by atoms with Gasteiger partial charge in [-0.05, 0) is 44.8 Å². The summed E-state index contributed by atoms with van der Waals surface area (Å²) in [5, 5.41) is 10.4. The van der Waals surface area contributed by atoms with E-state index in [2.05, 4.69) is 73.7 Å². The first kappa shape index (κ1) is 14.5. The van der Waals surface area contributed by atoms with Crippen molar-refractivity contribution in [2.45, 2.75) is 19.8 Å². The predicted molar refractivity (Wildman–Crippen MR) is 108 cm³/mol. The molecule has 0 saturated heterocycles. The van der Waals surface area contributed by atoms with E-state index in [1.165, 1.54) is 43.1 Å². The number of hydrogen-bond donors (Lipinski definition) is 0. The highest BCUT2D eigenvalue weighted by Gasteiger charge is 2.15. The van der Waals surface area contributed by atoms with Crippen LogP contribution in [0.1, 0.15) is 19.8 Å². The average molecular weight is 324 g/mol. The second-order valence-electron chi connectivity index (χ2n) is 6.75. The lowest BCUT2D eigenvalue weighted by Crippen LogP contribution is -1.98. The van der Waals surface area contributed by atoms with Crippen LogP contribution in [0.2, 0.25) is 0 Å². The Bertz CT molecular complexity index is 1200. The van der Waals surface area contributed by atoms with Gasteiger partial charge in [-0.2, -0.15) is 0 Å². The van der Waals surface area contributed by atoms with Crippen LogP contribution < -0.4 is 4.74 Å². The lowest BCUT2D eigenvalue weighted by atomic mass is 9.89. The van der Waals surface area contributed by atoms with Crippen LogP contribution in [-0.2, 0) is 0 Å². The number of unbranched alkanes of at least 4 members (excludes halogenated alkanes) is 1. The molecule has 5 rings (SSSR count). The van der Waals surface area contributed by atoms with Gasteiger partial charge in [0.2, 0.25) is 0 Å². The smallest absolute Gasteiger partial charge is 0.127 e. The summed E-state index contributed by atoms with van der Waals surface area (Å²) in [5.74, 6) is 1.01. The molecule has 0 heterocycles. The zero-order chi connectivity index (χ0) is 16.8. The zero-order valence-electron chi connectivity index (χ0n) is 14.4. The van der Waals surface area contributed by atoms with E-state index in [0.717, 1.165) is 25.2 Å². The van der Waals surface area contributed by atoms with E-state index >= 15 is 0 Å². The highest BCUT2D eigenvalue weighted by molar-refractivity contribution is 6.34. The van der Waals surface area contributed by atoms with Gasteiger partial charge in [0.15, 0.2) is 0 Å². The molecule has 25 heavy (non-hydrogen) atoms. The highest BCUT2D eigenvalue weighted by Crippen LogP contribution is 2.43. The van der Waals surface area contributed by atoms with Crippen LogP contribution >= 0.6 is 0 Å². The van der Waals surface area contributed by atoms with Crippen LogP contribution in [0.25, 0.3) is 43.1 Å². The predicted octanol–water partition coefficient (Wildman–Crippen LogP) is 6.92. The molecular weight excluding hydrogens is 304 g/mol. The maximum absolute atomic E-state index is 6.21. The molecular formula is C24H20O. The van der Waals surface area contributed by atoms with Crippen molar-refractivity contribution in [2.75, 3.05) is 6.61 Å². The van der Waals surface area contributed by atoms with E-state index in [4.69, 9.17) is 4.74 Å². The highest BCUT2D eigenvalue weighted by atomic mass is 16.5. The van der Waals surface area contributed by atoms with Gasteiger partial charge in [-0.3, -0.25) is 0 Å².